The molecule has 0 spiro atoms. The molecule has 0 radical (unpaired) electrons. The molecule has 1 aromatic rings. The van der Waals surface area contributed by atoms with Gasteiger partial charge in [0.1, 0.15) is 5.78 Å². The highest BCUT2D eigenvalue weighted by Gasteiger charge is 2.29. The Morgan fingerprint density at radius 3 is 2.63 bits per heavy atom. The molecule has 0 aromatic heterocycles. The van der Waals surface area contributed by atoms with E-state index in [0.29, 0.717) is 12.0 Å². The summed E-state index contributed by atoms with van der Waals surface area (Å²) in [5, 5.41) is 0. The van der Waals surface area contributed by atoms with Crippen molar-refractivity contribution in [3.8, 4) is 0 Å². The van der Waals surface area contributed by atoms with Crippen molar-refractivity contribution in [3.05, 3.63) is 29.8 Å². The second-order valence-corrected chi connectivity index (χ2v) is 6.65. The SMILES string of the molecule is CCCC(=O)Cc1ccccc1S(=O)(=O)NC1CC1. The van der Waals surface area contributed by atoms with Gasteiger partial charge in [-0.1, -0.05) is 25.1 Å². The van der Waals surface area contributed by atoms with E-state index in [2.05, 4.69) is 4.72 Å². The van der Waals surface area contributed by atoms with Crippen molar-refractivity contribution in [1.29, 1.82) is 0 Å². The minimum atomic E-state index is -3.49. The van der Waals surface area contributed by atoms with Crippen molar-refractivity contribution in [2.24, 2.45) is 0 Å². The summed E-state index contributed by atoms with van der Waals surface area (Å²) in [4.78, 5) is 12.0. The van der Waals surface area contributed by atoms with Crippen molar-refractivity contribution >= 4 is 15.8 Å². The lowest BCUT2D eigenvalue weighted by atomic mass is 10.1. The largest absolute Gasteiger partial charge is 0.299 e. The number of ketones is 1. The van der Waals surface area contributed by atoms with Crippen molar-refractivity contribution in [1.82, 2.24) is 4.72 Å². The van der Waals surface area contributed by atoms with Crippen LogP contribution in [0.15, 0.2) is 29.2 Å². The predicted molar refractivity (Wildman–Crippen MR) is 73.4 cm³/mol. The molecule has 1 fully saturated rings. The average Bonchev–Trinajstić information content (AvgIpc) is 3.13. The molecule has 19 heavy (non-hydrogen) atoms. The van der Waals surface area contributed by atoms with E-state index in [9.17, 15) is 13.2 Å². The molecule has 0 unspecified atom stereocenters. The molecule has 0 atom stereocenters. The second kappa shape index (κ2) is 5.84. The summed E-state index contributed by atoms with van der Waals surface area (Å²) in [6.07, 6.45) is 3.26. The van der Waals surface area contributed by atoms with Crippen LogP contribution in [0.25, 0.3) is 0 Å². The van der Waals surface area contributed by atoms with Gasteiger partial charge in [-0.25, -0.2) is 13.1 Å². The summed E-state index contributed by atoms with van der Waals surface area (Å²) in [6, 6.07) is 6.82. The Hall–Kier alpha value is -1.20. The number of carbonyl (C=O) groups excluding carboxylic acids is 1. The van der Waals surface area contributed by atoms with E-state index in [4.69, 9.17) is 0 Å². The topological polar surface area (TPSA) is 63.2 Å². The molecule has 1 aliphatic carbocycles. The number of hydrogen-bond donors (Lipinski definition) is 1. The van der Waals surface area contributed by atoms with Crippen LogP contribution in [0.4, 0.5) is 0 Å². The summed E-state index contributed by atoms with van der Waals surface area (Å²) < 4.78 is 27.1. The maximum atomic E-state index is 12.2. The summed E-state index contributed by atoms with van der Waals surface area (Å²) in [6.45, 7) is 1.94. The number of nitrogens with one attached hydrogen (secondary N) is 1. The number of benzene rings is 1. The molecule has 0 saturated heterocycles. The molecule has 0 bridgehead atoms. The molecule has 5 heteroatoms. The van der Waals surface area contributed by atoms with Crippen LogP contribution < -0.4 is 4.72 Å². The summed E-state index contributed by atoms with van der Waals surface area (Å²) in [7, 11) is -3.49. The van der Waals surface area contributed by atoms with Gasteiger partial charge in [-0.05, 0) is 30.9 Å². The Morgan fingerprint density at radius 2 is 2.00 bits per heavy atom. The van der Waals surface area contributed by atoms with E-state index >= 15 is 0 Å². The number of sulfonamides is 1. The van der Waals surface area contributed by atoms with Crippen LogP contribution >= 0.6 is 0 Å². The molecular formula is C14H19NO3S. The Labute approximate surface area is 114 Å². The van der Waals surface area contributed by atoms with Gasteiger partial charge in [0.25, 0.3) is 0 Å². The van der Waals surface area contributed by atoms with Crippen molar-refractivity contribution < 1.29 is 13.2 Å². The van der Waals surface area contributed by atoms with Gasteiger partial charge in [0, 0.05) is 18.9 Å². The number of Topliss-reactive ketones (excluding diaryl/α,β-unsaturated/α-hetero) is 1. The third-order valence-electron chi connectivity index (χ3n) is 3.08. The van der Waals surface area contributed by atoms with Gasteiger partial charge >= 0.3 is 0 Å². The summed E-state index contributed by atoms with van der Waals surface area (Å²) in [5.74, 6) is 0.0802. The first-order valence-electron chi connectivity index (χ1n) is 6.65. The quantitative estimate of drug-likeness (QED) is 0.832. The predicted octanol–water partition coefficient (Wildman–Crippen LogP) is 2.04. The first kappa shape index (κ1) is 14.2. The smallest absolute Gasteiger partial charge is 0.241 e. The van der Waals surface area contributed by atoms with E-state index < -0.39 is 10.0 Å². The van der Waals surface area contributed by atoms with Crippen LogP contribution in [0, 0.1) is 0 Å². The van der Waals surface area contributed by atoms with Gasteiger partial charge in [-0.3, -0.25) is 4.79 Å². The Kier molecular flexibility index (Phi) is 4.37. The van der Waals surface area contributed by atoms with Gasteiger partial charge in [0.05, 0.1) is 4.90 Å². The third-order valence-corrected chi connectivity index (χ3v) is 4.70. The minimum absolute atomic E-state index is 0.0735. The fourth-order valence-corrected chi connectivity index (χ4v) is 3.52. The fourth-order valence-electron chi connectivity index (χ4n) is 1.98. The number of hydrogen-bond acceptors (Lipinski definition) is 3. The lowest BCUT2D eigenvalue weighted by molar-refractivity contribution is -0.118. The van der Waals surface area contributed by atoms with Gasteiger partial charge in [-0.15, -0.1) is 0 Å². The molecule has 0 amide bonds. The molecule has 1 saturated carbocycles. The van der Waals surface area contributed by atoms with Gasteiger partial charge in [0.15, 0.2) is 0 Å². The first-order valence-corrected chi connectivity index (χ1v) is 8.13. The van der Waals surface area contributed by atoms with Crippen LogP contribution in [0.5, 0.6) is 0 Å². The van der Waals surface area contributed by atoms with Crippen LogP contribution in [0.3, 0.4) is 0 Å². The zero-order valence-electron chi connectivity index (χ0n) is 11.1. The molecular weight excluding hydrogens is 262 g/mol. The summed E-state index contributed by atoms with van der Waals surface area (Å²) >= 11 is 0. The Morgan fingerprint density at radius 1 is 1.32 bits per heavy atom. The Balaban J connectivity index is 2.22. The van der Waals surface area contributed by atoms with Crippen LogP contribution in [-0.2, 0) is 21.2 Å². The lowest BCUT2D eigenvalue weighted by Gasteiger charge is -2.10. The Bertz CT molecular complexity index is 562. The van der Waals surface area contributed by atoms with Crippen LogP contribution in [0.2, 0.25) is 0 Å². The highest BCUT2D eigenvalue weighted by Crippen LogP contribution is 2.24. The number of carbonyl (C=O) groups is 1. The molecule has 0 heterocycles. The highest BCUT2D eigenvalue weighted by molar-refractivity contribution is 7.89. The third kappa shape index (κ3) is 3.88. The standard InChI is InChI=1S/C14H19NO3S/c1-2-5-13(16)10-11-6-3-4-7-14(11)19(17,18)15-12-8-9-12/h3-4,6-7,12,15H,2,5,8-10H2,1H3. The van der Waals surface area contributed by atoms with E-state index in [1.807, 2.05) is 6.92 Å². The van der Waals surface area contributed by atoms with E-state index in [-0.39, 0.29) is 23.1 Å². The fraction of sp³-hybridized carbons (Fsp3) is 0.500. The molecule has 104 valence electrons. The van der Waals surface area contributed by atoms with Crippen molar-refractivity contribution in [2.75, 3.05) is 0 Å². The van der Waals surface area contributed by atoms with Gasteiger partial charge in [-0.2, -0.15) is 0 Å². The molecule has 2 rings (SSSR count). The first-order chi connectivity index (χ1) is 9.03. The molecule has 1 N–H and O–H groups in total. The monoisotopic (exact) mass is 281 g/mol. The van der Waals surface area contributed by atoms with E-state index in [0.717, 1.165) is 19.3 Å². The van der Waals surface area contributed by atoms with Crippen LogP contribution in [0.1, 0.15) is 38.2 Å². The molecule has 1 aliphatic rings. The molecule has 4 nitrogen and oxygen atoms in total. The van der Waals surface area contributed by atoms with Gasteiger partial charge < -0.3 is 0 Å². The van der Waals surface area contributed by atoms with Crippen molar-refractivity contribution in [2.45, 2.75) is 50.0 Å². The average molecular weight is 281 g/mol. The van der Waals surface area contributed by atoms with Crippen LogP contribution in [-0.4, -0.2) is 20.2 Å². The lowest BCUT2D eigenvalue weighted by Crippen LogP contribution is -2.27. The second-order valence-electron chi connectivity index (χ2n) is 4.97. The highest BCUT2D eigenvalue weighted by atomic mass is 32.2. The number of rotatable bonds is 7. The zero-order valence-corrected chi connectivity index (χ0v) is 11.9. The normalized spacial score (nSPS) is 15.4. The van der Waals surface area contributed by atoms with E-state index in [1.165, 1.54) is 0 Å². The minimum Gasteiger partial charge on any atom is -0.299 e. The molecule has 1 aromatic carbocycles. The van der Waals surface area contributed by atoms with Crippen molar-refractivity contribution in [3.63, 3.8) is 0 Å². The maximum absolute atomic E-state index is 12.2. The van der Waals surface area contributed by atoms with E-state index in [1.54, 1.807) is 24.3 Å². The molecule has 0 aliphatic heterocycles. The van der Waals surface area contributed by atoms with Gasteiger partial charge in [0.2, 0.25) is 10.0 Å². The zero-order chi connectivity index (χ0) is 13.9. The summed E-state index contributed by atoms with van der Waals surface area (Å²) in [5.41, 5.74) is 0.592. The maximum Gasteiger partial charge on any atom is 0.241 e.